The van der Waals surface area contributed by atoms with Crippen LogP contribution in [0.3, 0.4) is 0 Å². The highest BCUT2D eigenvalue weighted by Gasteiger charge is 2.18. The maximum Gasteiger partial charge on any atom is 0.261 e. The molecular weight excluding hydrogens is 255 g/mol. The van der Waals surface area contributed by atoms with E-state index in [9.17, 15) is 8.42 Å². The molecule has 0 heterocycles. The second-order valence-corrected chi connectivity index (χ2v) is 5.91. The molecule has 0 unspecified atom stereocenters. The smallest absolute Gasteiger partial charge is 0.207 e. The average molecular weight is 260 g/mol. The van der Waals surface area contributed by atoms with Crippen molar-refractivity contribution in [2.24, 2.45) is 0 Å². The van der Waals surface area contributed by atoms with Crippen LogP contribution in [-0.2, 0) is 9.05 Å². The maximum absolute atomic E-state index is 11.0. The molecule has 1 aromatic rings. The van der Waals surface area contributed by atoms with Crippen LogP contribution in [0.5, 0.6) is 0 Å². The van der Waals surface area contributed by atoms with Crippen LogP contribution in [-0.4, -0.2) is 8.42 Å². The van der Waals surface area contributed by atoms with Crippen LogP contribution >= 0.6 is 33.9 Å². The maximum atomic E-state index is 11.0. The van der Waals surface area contributed by atoms with Gasteiger partial charge in [0.05, 0.1) is 4.90 Å². The molecule has 0 spiro atoms. The SMILES string of the molecule is O=S(=O)(Cl)c1ccccc1C(Cl)Cl. The zero-order chi connectivity index (χ0) is 10.1. The fraction of sp³-hybridized carbons (Fsp3) is 0.143. The third-order valence-corrected chi connectivity index (χ3v) is 3.28. The van der Waals surface area contributed by atoms with Crippen molar-refractivity contribution in [3.63, 3.8) is 0 Å². The van der Waals surface area contributed by atoms with E-state index in [1.54, 1.807) is 12.1 Å². The van der Waals surface area contributed by atoms with Crippen LogP contribution in [0.25, 0.3) is 0 Å². The Kier molecular flexibility index (Phi) is 3.46. The number of halogens is 3. The Labute approximate surface area is 90.8 Å². The highest BCUT2D eigenvalue weighted by atomic mass is 35.7. The average Bonchev–Trinajstić information content (AvgIpc) is 2.03. The summed E-state index contributed by atoms with van der Waals surface area (Å²) in [6, 6.07) is 6.06. The molecule has 0 fully saturated rings. The summed E-state index contributed by atoms with van der Waals surface area (Å²) in [5.74, 6) is 0. The third kappa shape index (κ3) is 2.74. The summed E-state index contributed by atoms with van der Waals surface area (Å²) in [5.41, 5.74) is 0.292. The van der Waals surface area contributed by atoms with E-state index < -0.39 is 13.9 Å². The third-order valence-electron chi connectivity index (χ3n) is 1.42. The Morgan fingerprint density at radius 1 is 1.15 bits per heavy atom. The summed E-state index contributed by atoms with van der Waals surface area (Å²) in [6.45, 7) is 0. The van der Waals surface area contributed by atoms with E-state index in [-0.39, 0.29) is 4.90 Å². The van der Waals surface area contributed by atoms with E-state index in [2.05, 4.69) is 0 Å². The predicted molar refractivity (Wildman–Crippen MR) is 53.9 cm³/mol. The first-order chi connectivity index (χ1) is 5.93. The molecule has 0 N–H and O–H groups in total. The van der Waals surface area contributed by atoms with Gasteiger partial charge in [-0.15, -0.1) is 23.2 Å². The molecule has 0 saturated carbocycles. The van der Waals surface area contributed by atoms with Crippen LogP contribution < -0.4 is 0 Å². The minimum atomic E-state index is -3.78. The van der Waals surface area contributed by atoms with Gasteiger partial charge in [0.1, 0.15) is 4.84 Å². The van der Waals surface area contributed by atoms with Crippen LogP contribution in [0.1, 0.15) is 10.4 Å². The van der Waals surface area contributed by atoms with Gasteiger partial charge in [-0.25, -0.2) is 8.42 Å². The van der Waals surface area contributed by atoms with Gasteiger partial charge in [0.2, 0.25) is 0 Å². The number of hydrogen-bond donors (Lipinski definition) is 0. The molecule has 0 radical (unpaired) electrons. The largest absolute Gasteiger partial charge is 0.261 e. The van der Waals surface area contributed by atoms with Crippen molar-refractivity contribution >= 4 is 42.9 Å². The zero-order valence-corrected chi connectivity index (χ0v) is 9.33. The molecule has 0 saturated heterocycles. The van der Waals surface area contributed by atoms with E-state index in [0.717, 1.165) is 0 Å². The minimum absolute atomic E-state index is 0.0494. The first kappa shape index (κ1) is 11.1. The number of hydrogen-bond acceptors (Lipinski definition) is 2. The first-order valence-electron chi connectivity index (χ1n) is 3.24. The molecule has 13 heavy (non-hydrogen) atoms. The summed E-state index contributed by atoms with van der Waals surface area (Å²) in [5, 5.41) is 0. The van der Waals surface area contributed by atoms with Crippen molar-refractivity contribution in [3.05, 3.63) is 29.8 Å². The van der Waals surface area contributed by atoms with Gasteiger partial charge in [-0.2, -0.15) is 0 Å². The van der Waals surface area contributed by atoms with E-state index >= 15 is 0 Å². The summed E-state index contributed by atoms with van der Waals surface area (Å²) in [4.78, 5) is -0.948. The summed E-state index contributed by atoms with van der Waals surface area (Å²) >= 11 is 11.1. The highest BCUT2D eigenvalue weighted by Crippen LogP contribution is 2.31. The molecule has 2 nitrogen and oxygen atoms in total. The highest BCUT2D eigenvalue weighted by molar-refractivity contribution is 8.13. The molecule has 1 rings (SSSR count). The molecule has 0 amide bonds. The molecule has 0 atom stereocenters. The summed E-state index contributed by atoms with van der Waals surface area (Å²) < 4.78 is 22.0. The van der Waals surface area contributed by atoms with Gasteiger partial charge in [0.15, 0.2) is 0 Å². The topological polar surface area (TPSA) is 34.1 Å². The van der Waals surface area contributed by atoms with Crippen molar-refractivity contribution in [3.8, 4) is 0 Å². The molecular formula is C7H5Cl3O2S. The van der Waals surface area contributed by atoms with Crippen LogP contribution in [0, 0.1) is 0 Å². The standard InChI is InChI=1S/C7H5Cl3O2S/c8-7(9)5-3-1-2-4-6(5)13(10,11)12/h1-4,7H. The fourth-order valence-electron chi connectivity index (χ4n) is 0.883. The molecule has 0 aromatic heterocycles. The minimum Gasteiger partial charge on any atom is -0.207 e. The van der Waals surface area contributed by atoms with Gasteiger partial charge in [-0.1, -0.05) is 18.2 Å². The van der Waals surface area contributed by atoms with Gasteiger partial charge in [0.25, 0.3) is 9.05 Å². The second kappa shape index (κ2) is 4.05. The van der Waals surface area contributed by atoms with Gasteiger partial charge in [-0.3, -0.25) is 0 Å². The molecule has 72 valence electrons. The van der Waals surface area contributed by atoms with Crippen molar-refractivity contribution in [1.82, 2.24) is 0 Å². The Hall–Kier alpha value is 0.0400. The van der Waals surface area contributed by atoms with E-state index in [4.69, 9.17) is 33.9 Å². The molecule has 0 aliphatic rings. The van der Waals surface area contributed by atoms with Crippen LogP contribution in [0.4, 0.5) is 0 Å². The Morgan fingerprint density at radius 3 is 2.08 bits per heavy atom. The Morgan fingerprint density at radius 2 is 1.69 bits per heavy atom. The normalized spacial score (nSPS) is 12.0. The van der Waals surface area contributed by atoms with E-state index in [1.807, 2.05) is 0 Å². The van der Waals surface area contributed by atoms with Gasteiger partial charge < -0.3 is 0 Å². The number of rotatable bonds is 2. The Balaban J connectivity index is 3.37. The molecule has 1 aromatic carbocycles. The molecule has 0 bridgehead atoms. The lowest BCUT2D eigenvalue weighted by atomic mass is 10.2. The second-order valence-electron chi connectivity index (χ2n) is 2.28. The molecule has 6 heteroatoms. The predicted octanol–water partition coefficient (Wildman–Crippen LogP) is 3.09. The lowest BCUT2D eigenvalue weighted by Gasteiger charge is -2.05. The van der Waals surface area contributed by atoms with Crippen molar-refractivity contribution in [2.75, 3.05) is 0 Å². The number of benzene rings is 1. The molecule has 0 aliphatic heterocycles. The lowest BCUT2D eigenvalue weighted by Crippen LogP contribution is -1.96. The Bertz CT molecular complexity index is 400. The summed E-state index contributed by atoms with van der Waals surface area (Å²) in [6.07, 6.45) is 0. The lowest BCUT2D eigenvalue weighted by molar-refractivity contribution is 0.609. The van der Waals surface area contributed by atoms with Crippen molar-refractivity contribution in [2.45, 2.75) is 9.73 Å². The van der Waals surface area contributed by atoms with Gasteiger partial charge in [0, 0.05) is 16.2 Å². The summed E-state index contributed by atoms with van der Waals surface area (Å²) in [7, 11) is 1.39. The monoisotopic (exact) mass is 258 g/mol. The fourth-order valence-corrected chi connectivity index (χ4v) is 2.52. The van der Waals surface area contributed by atoms with Gasteiger partial charge >= 0.3 is 0 Å². The first-order valence-corrected chi connectivity index (χ1v) is 6.43. The van der Waals surface area contributed by atoms with E-state index in [1.165, 1.54) is 12.1 Å². The quantitative estimate of drug-likeness (QED) is 0.604. The number of alkyl halides is 2. The van der Waals surface area contributed by atoms with E-state index in [0.29, 0.717) is 5.56 Å². The molecule has 0 aliphatic carbocycles. The van der Waals surface area contributed by atoms with Gasteiger partial charge in [-0.05, 0) is 6.07 Å². The zero-order valence-electron chi connectivity index (χ0n) is 6.25. The van der Waals surface area contributed by atoms with Crippen LogP contribution in [0.2, 0.25) is 0 Å². The van der Waals surface area contributed by atoms with Crippen molar-refractivity contribution < 1.29 is 8.42 Å². The van der Waals surface area contributed by atoms with Crippen LogP contribution in [0.15, 0.2) is 29.2 Å². The van der Waals surface area contributed by atoms with Crippen molar-refractivity contribution in [1.29, 1.82) is 0 Å².